The van der Waals surface area contributed by atoms with Gasteiger partial charge in [0.1, 0.15) is 49.8 Å². The zero-order valence-corrected chi connectivity index (χ0v) is 43.5. The van der Waals surface area contributed by atoms with Crippen molar-refractivity contribution in [2.24, 2.45) is 20.5 Å². The molecule has 322 valence electrons. The summed E-state index contributed by atoms with van der Waals surface area (Å²) in [6, 6.07) is 23.1. The van der Waals surface area contributed by atoms with Gasteiger partial charge in [-0.1, -0.05) is 48.5 Å². The number of rotatable bonds is 9. The van der Waals surface area contributed by atoms with E-state index in [1.807, 2.05) is 0 Å². The second-order valence-corrected chi connectivity index (χ2v) is 15.6. The molecule has 28 heteroatoms. The third-order valence-electron chi connectivity index (χ3n) is 8.75. The molecule has 7 aromatic carbocycles. The SMILES string of the molecule is CC(=O)Nc1cccc2ccc(O)c(N=Nc3cc([N+](=O)[O-])cc(S(=O)(=O)O)c3O)c12.O=[N+]([O-])c1ccc2c(N=Nc3c(O)ccc4ccccc34)c(O)cc(S(=O)(=O)O)c2c1.[Cr].[Na+].[Na+].[Na+]. The van der Waals surface area contributed by atoms with E-state index >= 15 is 0 Å². The quantitative estimate of drug-likeness (QED) is 0.0323. The van der Waals surface area contributed by atoms with Crippen LogP contribution in [0.15, 0.2) is 133 Å². The largest absolute Gasteiger partial charge is 1.00 e. The summed E-state index contributed by atoms with van der Waals surface area (Å²) >= 11 is 0. The molecular weight excluding hydrogens is 980 g/mol. The van der Waals surface area contributed by atoms with Crippen LogP contribution in [0.5, 0.6) is 23.0 Å². The van der Waals surface area contributed by atoms with Gasteiger partial charge in [0, 0.05) is 76.2 Å². The zero-order valence-electron chi connectivity index (χ0n) is 34.6. The first-order valence-corrected chi connectivity index (χ1v) is 20.0. The number of azo groups is 2. The maximum Gasteiger partial charge on any atom is 1.00 e. The Labute approximate surface area is 449 Å². The Morgan fingerprint density at radius 2 is 1.12 bits per heavy atom. The van der Waals surface area contributed by atoms with E-state index in [1.165, 1.54) is 25.1 Å². The van der Waals surface area contributed by atoms with Gasteiger partial charge in [-0.15, -0.1) is 20.5 Å². The van der Waals surface area contributed by atoms with Crippen molar-refractivity contribution in [3.8, 4) is 23.0 Å². The molecule has 1 amide bonds. The molecule has 0 bridgehead atoms. The van der Waals surface area contributed by atoms with E-state index in [4.69, 9.17) is 0 Å². The maximum atomic E-state index is 11.7. The standard InChI is InChI=1S/C20H13N3O7S.C18H14N4O8S.Cr.3Na/c24-16-8-5-11-3-1-2-4-13(11)19(16)21-22-20-14-7-6-12(23(26)27)9-15(14)18(10-17(20)25)31(28,29)30;1-9(23)19-12-4-2-3-10-5-6-14(24)17(16(10)12)21-20-13-7-11(22(26)27)8-15(18(13)25)31(28,29)30;;;;/h1-10,24-25H,(H,28,29,30);2-8,24-25H,1H3,(H,19,23)(H,28,29,30);;;;/q;;;3*+1. The number of hydrogen-bond acceptors (Lipinski definition) is 17. The van der Waals surface area contributed by atoms with Crippen molar-refractivity contribution in [3.05, 3.63) is 123 Å². The summed E-state index contributed by atoms with van der Waals surface area (Å²) in [5.74, 6) is -2.63. The van der Waals surface area contributed by atoms with Crippen molar-refractivity contribution in [2.75, 3.05) is 5.32 Å². The Bertz CT molecular complexity index is 3350. The van der Waals surface area contributed by atoms with Crippen LogP contribution in [0.1, 0.15) is 6.92 Å². The first-order valence-electron chi connectivity index (χ1n) is 17.1. The molecule has 7 N–H and O–H groups in total. The molecule has 22 nitrogen and oxygen atoms in total. The fourth-order valence-corrected chi connectivity index (χ4v) is 7.36. The van der Waals surface area contributed by atoms with Crippen molar-refractivity contribution < 1.29 is 167 Å². The number of nitrogens with one attached hydrogen (secondary N) is 1. The molecule has 0 saturated heterocycles. The van der Waals surface area contributed by atoms with Gasteiger partial charge in [-0.25, -0.2) is 0 Å². The number of phenols is 4. The van der Waals surface area contributed by atoms with Crippen molar-refractivity contribution in [3.63, 3.8) is 0 Å². The zero-order chi connectivity index (χ0) is 45.3. The van der Waals surface area contributed by atoms with Crippen LogP contribution in [-0.2, 0) is 42.4 Å². The predicted molar refractivity (Wildman–Crippen MR) is 221 cm³/mol. The number of benzene rings is 7. The van der Waals surface area contributed by atoms with Crippen LogP contribution in [0.3, 0.4) is 0 Å². The van der Waals surface area contributed by atoms with Gasteiger partial charge < -0.3 is 25.7 Å². The van der Waals surface area contributed by atoms with Crippen LogP contribution in [0, 0.1) is 20.2 Å². The number of nitrogens with zero attached hydrogens (tertiary/aromatic N) is 6. The third-order valence-corrected chi connectivity index (χ3v) is 10.5. The normalized spacial score (nSPS) is 11.1. The Balaban J connectivity index is 0.000000428. The van der Waals surface area contributed by atoms with Gasteiger partial charge in [0.15, 0.2) is 5.75 Å². The van der Waals surface area contributed by atoms with Gasteiger partial charge >= 0.3 is 88.7 Å². The van der Waals surface area contributed by atoms with E-state index in [2.05, 4.69) is 25.8 Å². The molecule has 0 aliphatic rings. The number of carbonyl (C=O) groups is 1. The average Bonchev–Trinajstić information content (AvgIpc) is 3.20. The van der Waals surface area contributed by atoms with Gasteiger partial charge in [-0.3, -0.25) is 34.1 Å². The van der Waals surface area contributed by atoms with Crippen LogP contribution < -0.4 is 94.0 Å². The number of nitro groups is 2. The van der Waals surface area contributed by atoms with Crippen molar-refractivity contribution in [1.29, 1.82) is 0 Å². The molecule has 0 spiro atoms. The molecule has 0 saturated carbocycles. The Hall–Kier alpha value is -4.66. The molecule has 0 unspecified atom stereocenters. The van der Waals surface area contributed by atoms with E-state index in [0.29, 0.717) is 16.8 Å². The summed E-state index contributed by atoms with van der Waals surface area (Å²) in [5, 5.41) is 83.2. The minimum atomic E-state index is -5.01. The van der Waals surface area contributed by atoms with Gasteiger partial charge in [0.05, 0.1) is 15.5 Å². The van der Waals surface area contributed by atoms with Gasteiger partial charge in [0.25, 0.3) is 31.6 Å². The van der Waals surface area contributed by atoms with E-state index < -0.39 is 74.3 Å². The Kier molecular flexibility index (Phi) is 20.4. The molecule has 0 radical (unpaired) electrons. The fourth-order valence-electron chi connectivity index (χ4n) is 6.04. The van der Waals surface area contributed by atoms with E-state index in [9.17, 15) is 71.4 Å². The number of fused-ring (bicyclic) bond motifs is 3. The first-order chi connectivity index (χ1) is 29.1. The molecule has 66 heavy (non-hydrogen) atoms. The molecule has 7 rings (SSSR count). The Morgan fingerprint density at radius 1 is 0.576 bits per heavy atom. The fraction of sp³-hybridized carbons (Fsp3) is 0.0263. The molecule has 0 atom stereocenters. The average molecular weight is 1010 g/mol. The van der Waals surface area contributed by atoms with Crippen LogP contribution >= 0.6 is 0 Å². The molecule has 0 aliphatic heterocycles. The number of amides is 1. The summed E-state index contributed by atoms with van der Waals surface area (Å²) < 4.78 is 65.1. The molecule has 7 aromatic rings. The number of carbonyl (C=O) groups excluding carboxylic acids is 1. The molecule has 0 fully saturated rings. The van der Waals surface area contributed by atoms with E-state index in [-0.39, 0.29) is 156 Å². The Morgan fingerprint density at radius 3 is 1.71 bits per heavy atom. The van der Waals surface area contributed by atoms with Crippen LogP contribution in [-0.4, -0.2) is 62.1 Å². The van der Waals surface area contributed by atoms with Gasteiger partial charge in [-0.2, -0.15) is 16.8 Å². The van der Waals surface area contributed by atoms with E-state index in [1.54, 1.807) is 54.6 Å². The second kappa shape index (κ2) is 23.4. The summed E-state index contributed by atoms with van der Waals surface area (Å²) in [5.41, 5.74) is -1.78. The smallest absolute Gasteiger partial charge is 0.506 e. The summed E-state index contributed by atoms with van der Waals surface area (Å²) in [6.07, 6.45) is 0. The van der Waals surface area contributed by atoms with Gasteiger partial charge in [-0.05, 0) is 35.0 Å². The maximum absolute atomic E-state index is 11.7. The van der Waals surface area contributed by atoms with Crippen molar-refractivity contribution in [2.45, 2.75) is 16.7 Å². The summed E-state index contributed by atoms with van der Waals surface area (Å²) in [6.45, 7) is 1.28. The molecule has 0 aromatic heterocycles. The number of non-ortho nitro benzene ring substituents is 2. The number of hydrogen-bond donors (Lipinski definition) is 7. The number of aromatic hydroxyl groups is 4. The summed E-state index contributed by atoms with van der Waals surface area (Å²) in [7, 11) is -9.82. The molecule has 0 aliphatic carbocycles. The minimum absolute atomic E-state index is 0. The van der Waals surface area contributed by atoms with Crippen molar-refractivity contribution >= 4 is 98.3 Å². The molecular formula is C38H27CrN7Na3O15S2+3. The summed E-state index contributed by atoms with van der Waals surface area (Å²) in [4.78, 5) is 30.2. The predicted octanol–water partition coefficient (Wildman–Crippen LogP) is -0.236. The molecule has 0 heterocycles. The van der Waals surface area contributed by atoms with Gasteiger partial charge in [0.2, 0.25) is 5.91 Å². The minimum Gasteiger partial charge on any atom is -0.506 e. The van der Waals surface area contributed by atoms with E-state index in [0.717, 1.165) is 29.7 Å². The second-order valence-electron chi connectivity index (χ2n) is 12.8. The van der Waals surface area contributed by atoms with Crippen LogP contribution in [0.2, 0.25) is 0 Å². The van der Waals surface area contributed by atoms with Crippen LogP contribution in [0.25, 0.3) is 32.3 Å². The number of nitro benzene ring substituents is 2. The first kappa shape index (κ1) is 57.5. The van der Waals surface area contributed by atoms with Crippen molar-refractivity contribution in [1.82, 2.24) is 0 Å². The third kappa shape index (κ3) is 12.9. The monoisotopic (exact) mass is 1010 g/mol. The number of phenolic OH excluding ortho intramolecular Hbond substituents is 4. The van der Waals surface area contributed by atoms with Crippen LogP contribution in [0.4, 0.5) is 39.8 Å². The number of anilines is 1. The topological polar surface area (TPSA) is 354 Å².